The summed E-state index contributed by atoms with van der Waals surface area (Å²) in [5, 5.41) is 3.96. The second-order valence-corrected chi connectivity index (χ2v) is 19.8. The number of imidazole rings is 1. The topological polar surface area (TPSA) is 85.0 Å². The molecule has 0 spiro atoms. The molecule has 27 heavy (non-hydrogen) atoms. The third kappa shape index (κ3) is 5.68. The van der Waals surface area contributed by atoms with Gasteiger partial charge < -0.3 is 13.4 Å². The standard InChI is InChI=1S/C18H37N5O2Si2/c1-17(2,3)26(8,9)24-12-14-15(23(7)16(20-14)21-22-19)13-25-27(10,11)18(4,5)6/h12-13H2,1-11H3. The molecule has 0 saturated carbocycles. The van der Waals surface area contributed by atoms with Crippen molar-refractivity contribution in [2.75, 3.05) is 0 Å². The first-order chi connectivity index (χ1) is 12.0. The first kappa shape index (κ1) is 23.9. The van der Waals surface area contributed by atoms with Gasteiger partial charge >= 0.3 is 0 Å². The van der Waals surface area contributed by atoms with E-state index in [0.717, 1.165) is 11.4 Å². The molecule has 0 aliphatic carbocycles. The Morgan fingerprint density at radius 2 is 1.41 bits per heavy atom. The molecule has 0 atom stereocenters. The maximum absolute atomic E-state index is 8.83. The molecule has 9 heteroatoms. The number of nitrogens with zero attached hydrogens (tertiary/aromatic N) is 5. The average molecular weight is 412 g/mol. The molecule has 1 heterocycles. The van der Waals surface area contributed by atoms with Crippen LogP contribution in [0.2, 0.25) is 36.3 Å². The molecule has 0 bridgehead atoms. The van der Waals surface area contributed by atoms with Crippen molar-refractivity contribution in [3.05, 3.63) is 21.8 Å². The lowest BCUT2D eigenvalue weighted by Crippen LogP contribution is -2.41. The first-order valence-corrected chi connectivity index (χ1v) is 15.2. The summed E-state index contributed by atoms with van der Waals surface area (Å²) in [5.74, 6) is 0.347. The molecule has 154 valence electrons. The van der Waals surface area contributed by atoms with E-state index in [1.807, 2.05) is 11.6 Å². The van der Waals surface area contributed by atoms with Gasteiger partial charge in [-0.3, -0.25) is 0 Å². The maximum atomic E-state index is 8.83. The van der Waals surface area contributed by atoms with Crippen LogP contribution < -0.4 is 0 Å². The van der Waals surface area contributed by atoms with Crippen LogP contribution in [0.15, 0.2) is 5.11 Å². The van der Waals surface area contributed by atoms with Gasteiger partial charge in [0, 0.05) is 12.0 Å². The van der Waals surface area contributed by atoms with E-state index >= 15 is 0 Å². The third-order valence-electron chi connectivity index (χ3n) is 6.16. The Morgan fingerprint density at radius 1 is 0.963 bits per heavy atom. The van der Waals surface area contributed by atoms with E-state index in [4.69, 9.17) is 14.4 Å². The van der Waals surface area contributed by atoms with Crippen LogP contribution in [0.1, 0.15) is 52.9 Å². The molecular weight excluding hydrogens is 374 g/mol. The molecule has 0 saturated heterocycles. The van der Waals surface area contributed by atoms with Crippen LogP contribution in [0.4, 0.5) is 5.95 Å². The van der Waals surface area contributed by atoms with Crippen molar-refractivity contribution in [1.29, 1.82) is 0 Å². The summed E-state index contributed by atoms with van der Waals surface area (Å²) in [4.78, 5) is 7.42. The largest absolute Gasteiger partial charge is 0.411 e. The number of rotatable bonds is 7. The van der Waals surface area contributed by atoms with Gasteiger partial charge in [0.25, 0.3) is 0 Å². The summed E-state index contributed by atoms with van der Waals surface area (Å²) in [6.45, 7) is 23.0. The van der Waals surface area contributed by atoms with Crippen LogP contribution in [0.25, 0.3) is 10.4 Å². The molecule has 1 aromatic heterocycles. The predicted octanol–water partition coefficient (Wildman–Crippen LogP) is 6.41. The fourth-order valence-corrected chi connectivity index (χ4v) is 3.79. The highest BCUT2D eigenvalue weighted by Gasteiger charge is 2.39. The summed E-state index contributed by atoms with van der Waals surface area (Å²) >= 11 is 0. The lowest BCUT2D eigenvalue weighted by molar-refractivity contribution is 0.250. The molecule has 0 fully saturated rings. The predicted molar refractivity (Wildman–Crippen MR) is 116 cm³/mol. The maximum Gasteiger partial charge on any atom is 0.197 e. The Hall–Kier alpha value is -1.13. The van der Waals surface area contributed by atoms with Crippen molar-refractivity contribution < 1.29 is 8.85 Å². The lowest BCUT2D eigenvalue weighted by Gasteiger charge is -2.37. The highest BCUT2D eigenvalue weighted by Crippen LogP contribution is 2.39. The Bertz CT molecular complexity index is 709. The van der Waals surface area contributed by atoms with Gasteiger partial charge in [0.05, 0.1) is 24.6 Å². The van der Waals surface area contributed by atoms with Gasteiger partial charge in [0.1, 0.15) is 0 Å². The van der Waals surface area contributed by atoms with Crippen molar-refractivity contribution in [3.63, 3.8) is 0 Å². The zero-order valence-corrected chi connectivity index (χ0v) is 21.0. The van der Waals surface area contributed by atoms with Crippen LogP contribution >= 0.6 is 0 Å². The molecule has 0 radical (unpaired) electrons. The minimum Gasteiger partial charge on any atom is -0.411 e. The average Bonchev–Trinajstić information content (AvgIpc) is 2.77. The van der Waals surface area contributed by atoms with Crippen molar-refractivity contribution in [2.24, 2.45) is 12.2 Å². The number of aromatic nitrogens is 2. The van der Waals surface area contributed by atoms with E-state index < -0.39 is 16.6 Å². The molecular formula is C18H37N5O2Si2. The van der Waals surface area contributed by atoms with Gasteiger partial charge in [-0.25, -0.2) is 4.98 Å². The Labute approximate surface area is 166 Å². The molecule has 0 aliphatic heterocycles. The number of hydrogen-bond donors (Lipinski definition) is 0. The SMILES string of the molecule is Cn1c(N=[N+]=[N-])nc(CO[Si](C)(C)C(C)(C)C)c1CO[Si](C)(C)C(C)(C)C. The smallest absolute Gasteiger partial charge is 0.197 e. The fraction of sp³-hybridized carbons (Fsp3) is 0.833. The molecule has 0 aromatic carbocycles. The first-order valence-electron chi connectivity index (χ1n) is 9.41. The monoisotopic (exact) mass is 411 g/mol. The van der Waals surface area contributed by atoms with Gasteiger partial charge in [-0.1, -0.05) is 41.5 Å². The van der Waals surface area contributed by atoms with Crippen LogP contribution in [0, 0.1) is 0 Å². The molecule has 0 amide bonds. The lowest BCUT2D eigenvalue weighted by atomic mass is 10.2. The van der Waals surface area contributed by atoms with E-state index in [-0.39, 0.29) is 10.1 Å². The quantitative estimate of drug-likeness (QED) is 0.225. The Kier molecular flexibility index (Phi) is 7.16. The minimum absolute atomic E-state index is 0.118. The third-order valence-corrected chi connectivity index (χ3v) is 15.1. The van der Waals surface area contributed by atoms with Gasteiger partial charge in [0.15, 0.2) is 22.6 Å². The summed E-state index contributed by atoms with van der Waals surface area (Å²) in [7, 11) is -1.96. The summed E-state index contributed by atoms with van der Waals surface area (Å²) in [6, 6.07) is 0. The summed E-state index contributed by atoms with van der Waals surface area (Å²) in [5.41, 5.74) is 10.5. The van der Waals surface area contributed by atoms with Gasteiger partial charge in [0.2, 0.25) is 0 Å². The summed E-state index contributed by atoms with van der Waals surface area (Å²) in [6.07, 6.45) is 0. The highest BCUT2D eigenvalue weighted by atomic mass is 28.4. The van der Waals surface area contributed by atoms with Crippen LogP contribution in [0.5, 0.6) is 0 Å². The Morgan fingerprint density at radius 3 is 1.81 bits per heavy atom. The van der Waals surface area contributed by atoms with E-state index in [2.05, 4.69) is 82.7 Å². The van der Waals surface area contributed by atoms with Gasteiger partial charge in [-0.2, -0.15) is 0 Å². The normalized spacial score (nSPS) is 13.6. The number of azide groups is 1. The minimum atomic E-state index is -1.91. The van der Waals surface area contributed by atoms with Gasteiger partial charge in [-0.15, -0.1) is 0 Å². The molecule has 7 nitrogen and oxygen atoms in total. The fourth-order valence-electron chi connectivity index (χ4n) is 1.93. The molecule has 1 rings (SSSR count). The van der Waals surface area contributed by atoms with Crippen LogP contribution in [-0.4, -0.2) is 26.2 Å². The highest BCUT2D eigenvalue weighted by molar-refractivity contribution is 6.74. The van der Waals surface area contributed by atoms with E-state index in [1.54, 1.807) is 0 Å². The van der Waals surface area contributed by atoms with Crippen molar-refractivity contribution in [3.8, 4) is 0 Å². The molecule has 1 aromatic rings. The van der Waals surface area contributed by atoms with Gasteiger partial charge in [-0.05, 0) is 46.9 Å². The van der Waals surface area contributed by atoms with Crippen LogP contribution in [0.3, 0.4) is 0 Å². The molecule has 0 aliphatic rings. The molecule has 0 unspecified atom stereocenters. The molecule has 0 N–H and O–H groups in total. The second kappa shape index (κ2) is 8.09. The van der Waals surface area contributed by atoms with E-state index in [1.165, 1.54) is 0 Å². The van der Waals surface area contributed by atoms with E-state index in [9.17, 15) is 0 Å². The van der Waals surface area contributed by atoms with Crippen molar-refractivity contribution in [1.82, 2.24) is 9.55 Å². The van der Waals surface area contributed by atoms with Crippen molar-refractivity contribution >= 4 is 22.6 Å². The van der Waals surface area contributed by atoms with E-state index in [0.29, 0.717) is 19.2 Å². The second-order valence-electron chi connectivity index (χ2n) is 10.2. The zero-order chi connectivity index (χ0) is 21.3. The van der Waals surface area contributed by atoms with Crippen LogP contribution in [-0.2, 0) is 29.1 Å². The summed E-state index contributed by atoms with van der Waals surface area (Å²) < 4.78 is 14.6. The Balaban J connectivity index is 3.14. The zero-order valence-electron chi connectivity index (χ0n) is 19.0. The van der Waals surface area contributed by atoms with Crippen molar-refractivity contribution in [2.45, 2.75) is 91.0 Å². The number of hydrogen-bond acceptors (Lipinski definition) is 4.